The molecular weight excluding hydrogens is 320 g/mol. The zero-order chi connectivity index (χ0) is 17.5. The van der Waals surface area contributed by atoms with E-state index < -0.39 is 0 Å². The van der Waals surface area contributed by atoms with Gasteiger partial charge in [0.05, 0.1) is 13.3 Å². The molecule has 1 aliphatic rings. The van der Waals surface area contributed by atoms with Gasteiger partial charge in [-0.15, -0.1) is 0 Å². The maximum atomic E-state index is 11.8. The van der Waals surface area contributed by atoms with Crippen LogP contribution in [0.25, 0.3) is 0 Å². The van der Waals surface area contributed by atoms with Crippen molar-refractivity contribution in [1.82, 2.24) is 5.43 Å². The van der Waals surface area contributed by atoms with Crippen LogP contribution in [0.4, 0.5) is 0 Å². The predicted molar refractivity (Wildman–Crippen MR) is 94.2 cm³/mol. The van der Waals surface area contributed by atoms with Gasteiger partial charge in [-0.25, -0.2) is 5.43 Å². The number of amides is 1. The Balaban J connectivity index is 1.40. The average molecular weight is 340 g/mol. The molecule has 0 spiro atoms. The number of carbonyl (C=O) groups is 1. The second kappa shape index (κ2) is 8.19. The van der Waals surface area contributed by atoms with Crippen molar-refractivity contribution in [2.24, 2.45) is 5.10 Å². The summed E-state index contributed by atoms with van der Waals surface area (Å²) in [4.78, 5) is 11.8. The molecule has 0 radical (unpaired) electrons. The van der Waals surface area contributed by atoms with Gasteiger partial charge in [0.2, 0.25) is 12.7 Å². The molecule has 0 aliphatic carbocycles. The number of fused-ring (bicyclic) bond motifs is 1. The number of ether oxygens (including phenoxy) is 3. The third-order valence-corrected chi connectivity index (χ3v) is 3.83. The van der Waals surface area contributed by atoms with Crippen molar-refractivity contribution < 1.29 is 19.0 Å². The quantitative estimate of drug-likeness (QED) is 0.621. The number of hydrazone groups is 1. The van der Waals surface area contributed by atoms with Crippen molar-refractivity contribution >= 4 is 12.1 Å². The van der Waals surface area contributed by atoms with E-state index in [1.807, 2.05) is 42.5 Å². The maximum absolute atomic E-state index is 11.8. The summed E-state index contributed by atoms with van der Waals surface area (Å²) >= 11 is 0. The largest absolute Gasteiger partial charge is 0.497 e. The van der Waals surface area contributed by atoms with Gasteiger partial charge in [-0.3, -0.25) is 4.79 Å². The summed E-state index contributed by atoms with van der Waals surface area (Å²) in [5, 5.41) is 3.98. The second-order valence-corrected chi connectivity index (χ2v) is 5.61. The lowest BCUT2D eigenvalue weighted by molar-refractivity contribution is -0.121. The Morgan fingerprint density at radius 1 is 1.20 bits per heavy atom. The van der Waals surface area contributed by atoms with Crippen LogP contribution in [0, 0.1) is 0 Å². The van der Waals surface area contributed by atoms with E-state index in [2.05, 4.69) is 10.5 Å². The van der Waals surface area contributed by atoms with Crippen LogP contribution >= 0.6 is 0 Å². The molecule has 1 amide bonds. The van der Waals surface area contributed by atoms with Crippen LogP contribution in [0.15, 0.2) is 47.6 Å². The van der Waals surface area contributed by atoms with Crippen LogP contribution in [0.1, 0.15) is 24.0 Å². The van der Waals surface area contributed by atoms with Crippen LogP contribution in [0.5, 0.6) is 17.2 Å². The molecule has 1 heterocycles. The van der Waals surface area contributed by atoms with E-state index in [0.717, 1.165) is 29.9 Å². The summed E-state index contributed by atoms with van der Waals surface area (Å²) in [7, 11) is 1.64. The zero-order valence-corrected chi connectivity index (χ0v) is 14.0. The highest BCUT2D eigenvalue weighted by molar-refractivity contribution is 5.83. The molecule has 0 bridgehead atoms. The molecule has 0 aromatic heterocycles. The lowest BCUT2D eigenvalue weighted by Gasteiger charge is -2.03. The van der Waals surface area contributed by atoms with Crippen LogP contribution in [-0.4, -0.2) is 26.0 Å². The van der Waals surface area contributed by atoms with Crippen molar-refractivity contribution in [2.45, 2.75) is 19.3 Å². The first-order valence-corrected chi connectivity index (χ1v) is 8.09. The molecule has 6 nitrogen and oxygen atoms in total. The Morgan fingerprint density at radius 2 is 2.00 bits per heavy atom. The molecule has 6 heteroatoms. The van der Waals surface area contributed by atoms with Crippen LogP contribution in [0.3, 0.4) is 0 Å². The summed E-state index contributed by atoms with van der Waals surface area (Å²) < 4.78 is 15.7. The molecule has 25 heavy (non-hydrogen) atoms. The van der Waals surface area contributed by atoms with Gasteiger partial charge in [-0.05, 0) is 54.3 Å². The fourth-order valence-corrected chi connectivity index (χ4v) is 2.47. The molecule has 1 aliphatic heterocycles. The van der Waals surface area contributed by atoms with Crippen molar-refractivity contribution in [3.63, 3.8) is 0 Å². The minimum absolute atomic E-state index is 0.106. The Hall–Kier alpha value is -3.02. The molecule has 1 N–H and O–H groups in total. The molecular formula is C19H20N2O4. The standard InChI is InChI=1S/C19H20N2O4/c1-23-16-8-5-14(6-9-16)3-2-4-19(22)21-20-12-15-7-10-17-18(11-15)25-13-24-17/h5-12H,2-4,13H2,1H3,(H,21,22). The normalized spacial score (nSPS) is 12.4. The van der Waals surface area contributed by atoms with Crippen molar-refractivity contribution in [3.05, 3.63) is 53.6 Å². The number of benzene rings is 2. The van der Waals surface area contributed by atoms with Gasteiger partial charge in [-0.2, -0.15) is 5.10 Å². The zero-order valence-electron chi connectivity index (χ0n) is 14.0. The highest BCUT2D eigenvalue weighted by atomic mass is 16.7. The third-order valence-electron chi connectivity index (χ3n) is 3.83. The van der Waals surface area contributed by atoms with Crippen LogP contribution < -0.4 is 19.6 Å². The van der Waals surface area contributed by atoms with E-state index in [0.29, 0.717) is 12.2 Å². The van der Waals surface area contributed by atoms with Gasteiger partial charge in [-0.1, -0.05) is 12.1 Å². The first-order valence-electron chi connectivity index (χ1n) is 8.09. The maximum Gasteiger partial charge on any atom is 0.240 e. The summed E-state index contributed by atoms with van der Waals surface area (Å²) in [5.74, 6) is 2.14. The van der Waals surface area contributed by atoms with Gasteiger partial charge >= 0.3 is 0 Å². The Kier molecular flexibility index (Phi) is 5.51. The van der Waals surface area contributed by atoms with Crippen LogP contribution in [-0.2, 0) is 11.2 Å². The molecule has 0 saturated carbocycles. The molecule has 0 unspecified atom stereocenters. The Morgan fingerprint density at radius 3 is 2.80 bits per heavy atom. The number of hydrogen-bond donors (Lipinski definition) is 1. The number of aryl methyl sites for hydroxylation is 1. The number of nitrogens with zero attached hydrogens (tertiary/aromatic N) is 1. The Labute approximate surface area is 146 Å². The first-order chi connectivity index (χ1) is 12.2. The minimum Gasteiger partial charge on any atom is -0.497 e. The van der Waals surface area contributed by atoms with Gasteiger partial charge in [0.15, 0.2) is 11.5 Å². The number of nitrogens with one attached hydrogen (secondary N) is 1. The van der Waals surface area contributed by atoms with Crippen LogP contribution in [0.2, 0.25) is 0 Å². The molecule has 0 saturated heterocycles. The van der Waals surface area contributed by atoms with Gasteiger partial charge < -0.3 is 14.2 Å². The highest BCUT2D eigenvalue weighted by Crippen LogP contribution is 2.31. The average Bonchev–Trinajstić information content (AvgIpc) is 3.10. The number of hydrogen-bond acceptors (Lipinski definition) is 5. The van der Waals surface area contributed by atoms with E-state index in [1.54, 1.807) is 13.3 Å². The van der Waals surface area contributed by atoms with Gasteiger partial charge in [0.25, 0.3) is 0 Å². The van der Waals surface area contributed by atoms with E-state index in [4.69, 9.17) is 14.2 Å². The topological polar surface area (TPSA) is 69.2 Å². The smallest absolute Gasteiger partial charge is 0.240 e. The van der Waals surface area contributed by atoms with Crippen molar-refractivity contribution in [2.75, 3.05) is 13.9 Å². The first kappa shape index (κ1) is 16.8. The highest BCUT2D eigenvalue weighted by Gasteiger charge is 2.12. The van der Waals surface area contributed by atoms with E-state index in [9.17, 15) is 4.79 Å². The lowest BCUT2D eigenvalue weighted by Crippen LogP contribution is -2.17. The van der Waals surface area contributed by atoms with Gasteiger partial charge in [0.1, 0.15) is 5.75 Å². The molecule has 3 rings (SSSR count). The fraction of sp³-hybridized carbons (Fsp3) is 0.263. The summed E-state index contributed by atoms with van der Waals surface area (Å²) in [6.45, 7) is 0.237. The predicted octanol–water partition coefficient (Wildman–Crippen LogP) is 2.90. The second-order valence-electron chi connectivity index (χ2n) is 5.61. The number of methoxy groups -OCH3 is 1. The summed E-state index contributed by atoms with van der Waals surface area (Å²) in [5.41, 5.74) is 4.56. The summed E-state index contributed by atoms with van der Waals surface area (Å²) in [6.07, 6.45) is 3.61. The van der Waals surface area contributed by atoms with E-state index in [1.165, 1.54) is 5.56 Å². The monoisotopic (exact) mass is 340 g/mol. The van der Waals surface area contributed by atoms with Gasteiger partial charge in [0, 0.05) is 6.42 Å². The third kappa shape index (κ3) is 4.73. The van der Waals surface area contributed by atoms with E-state index >= 15 is 0 Å². The minimum atomic E-state index is -0.106. The molecule has 130 valence electrons. The lowest BCUT2D eigenvalue weighted by atomic mass is 10.1. The van der Waals surface area contributed by atoms with Crippen molar-refractivity contribution in [1.29, 1.82) is 0 Å². The molecule has 0 atom stereocenters. The fourth-order valence-electron chi connectivity index (χ4n) is 2.47. The molecule has 0 fully saturated rings. The SMILES string of the molecule is COc1ccc(CCCC(=O)NN=Cc2ccc3c(c2)OCO3)cc1. The summed E-state index contributed by atoms with van der Waals surface area (Å²) in [6, 6.07) is 13.4. The molecule has 2 aromatic rings. The van der Waals surface area contributed by atoms with E-state index in [-0.39, 0.29) is 12.7 Å². The molecule has 2 aromatic carbocycles. The Bertz CT molecular complexity index is 757. The number of carbonyl (C=O) groups excluding carboxylic acids is 1. The van der Waals surface area contributed by atoms with Crippen molar-refractivity contribution in [3.8, 4) is 17.2 Å². The number of rotatable bonds is 7.